The lowest BCUT2D eigenvalue weighted by atomic mass is 10.0. The zero-order chi connectivity index (χ0) is 38.1. The van der Waals surface area contributed by atoms with Gasteiger partial charge in [0.1, 0.15) is 22.9 Å². The Morgan fingerprint density at radius 3 is 1.17 bits per heavy atom. The molecule has 18 heteroatoms. The van der Waals surface area contributed by atoms with Crippen molar-refractivity contribution in [2.24, 2.45) is 30.0 Å². The molecule has 0 amide bonds. The second-order valence-corrected chi connectivity index (χ2v) is 10.5. The fourth-order valence-corrected chi connectivity index (χ4v) is 5.39. The standard InChI is InChI=1S/C36H6N18/c1-42-24(13-39)34-46-21-8-5-16(19(11-37)27(21)49-34)31-52-32(17-6-9-22-28(20(17)12-38)50-35(47-22)25(14-40)43-2)54-33(53-31)18-7-10-23-30(29(18)45-4)51-36(48-23)26(15-41)44-3/h5-10H/b34-24+,35-25+,36-26-. The zero-order valence-electron chi connectivity index (χ0n) is 26.5. The van der Waals surface area contributed by atoms with E-state index in [0.717, 1.165) is 0 Å². The Balaban J connectivity index is 1.56. The van der Waals surface area contributed by atoms with Crippen molar-refractivity contribution in [3.05, 3.63) is 160 Å². The third-order valence-electron chi connectivity index (χ3n) is 7.76. The molecule has 7 rings (SSSR count). The van der Waals surface area contributed by atoms with Gasteiger partial charge in [0.05, 0.1) is 77.1 Å². The van der Waals surface area contributed by atoms with Gasteiger partial charge >= 0.3 is 17.1 Å². The van der Waals surface area contributed by atoms with Gasteiger partial charge in [-0.15, -0.1) is 0 Å². The second-order valence-electron chi connectivity index (χ2n) is 10.5. The SMILES string of the molecule is [C-]#[N+]/C(C#N)=C1/N=c2ccc(-c3nc(-c4ccc5c(c4C#N)=N/C(=C(\C#N)[N+]#[C-])N=5)nc(-c4ccc5c(c4C#N)=N/C(=C(\C#N)[N+]#[C-])N=5)n3)c([N+]#[C-])c2=N1. The summed E-state index contributed by atoms with van der Waals surface area (Å²) in [6.07, 6.45) is 0. The monoisotopic (exact) mass is 690 g/mol. The van der Waals surface area contributed by atoms with Gasteiger partial charge in [-0.2, -0.15) is 10.5 Å². The van der Waals surface area contributed by atoms with E-state index in [9.17, 15) is 26.3 Å². The molecule has 4 heterocycles. The summed E-state index contributed by atoms with van der Waals surface area (Å²) in [6, 6.07) is 18.3. The molecule has 0 saturated carbocycles. The van der Waals surface area contributed by atoms with Gasteiger partial charge in [0, 0.05) is 16.7 Å². The Morgan fingerprint density at radius 1 is 0.463 bits per heavy atom. The molecule has 3 aliphatic heterocycles. The number of hydrogen-bond acceptors (Lipinski definition) is 14. The van der Waals surface area contributed by atoms with Gasteiger partial charge in [0.15, 0.2) is 34.9 Å². The molecule has 3 aliphatic rings. The molecule has 240 valence electrons. The van der Waals surface area contributed by atoms with E-state index < -0.39 is 0 Å². The van der Waals surface area contributed by atoms with Crippen LogP contribution in [0.3, 0.4) is 0 Å². The van der Waals surface area contributed by atoms with Gasteiger partial charge in [-0.3, -0.25) is 0 Å². The minimum Gasteiger partial charge on any atom is -0.250 e. The van der Waals surface area contributed by atoms with Crippen molar-refractivity contribution in [1.29, 1.82) is 26.3 Å². The van der Waals surface area contributed by atoms with Crippen LogP contribution in [-0.2, 0) is 0 Å². The summed E-state index contributed by atoms with van der Waals surface area (Å²) in [7, 11) is 0. The van der Waals surface area contributed by atoms with Crippen molar-refractivity contribution in [3.63, 3.8) is 0 Å². The molecule has 0 spiro atoms. The first kappa shape index (κ1) is 32.6. The van der Waals surface area contributed by atoms with Gasteiger partial charge < -0.3 is 0 Å². The number of hydrogen-bond donors (Lipinski definition) is 0. The first-order chi connectivity index (χ1) is 26.3. The number of benzene rings is 3. The van der Waals surface area contributed by atoms with Gasteiger partial charge in [-0.1, -0.05) is 6.07 Å². The molecule has 0 N–H and O–H groups in total. The van der Waals surface area contributed by atoms with Gasteiger partial charge in [0.2, 0.25) is 5.69 Å². The molecular weight excluding hydrogens is 685 g/mol. The van der Waals surface area contributed by atoms with Crippen molar-refractivity contribution < 1.29 is 0 Å². The van der Waals surface area contributed by atoms with E-state index in [2.05, 4.69) is 76.4 Å². The molecule has 0 atom stereocenters. The lowest BCUT2D eigenvalue weighted by Gasteiger charge is -2.11. The minimum absolute atomic E-state index is 0.0557. The first-order valence-electron chi connectivity index (χ1n) is 14.7. The number of nitrogens with zero attached hydrogens (tertiary/aromatic N) is 18. The molecule has 0 fully saturated rings. The lowest BCUT2D eigenvalue weighted by molar-refractivity contribution is 1.07. The van der Waals surface area contributed by atoms with Crippen molar-refractivity contribution in [2.45, 2.75) is 0 Å². The number of nitriles is 5. The van der Waals surface area contributed by atoms with Crippen LogP contribution in [0, 0.1) is 82.9 Å². The summed E-state index contributed by atoms with van der Waals surface area (Å²) in [4.78, 5) is 52.5. The summed E-state index contributed by atoms with van der Waals surface area (Å²) in [5.41, 5.74) is -0.998. The van der Waals surface area contributed by atoms with E-state index >= 15 is 0 Å². The Hall–Kier alpha value is -9.90. The van der Waals surface area contributed by atoms with Crippen molar-refractivity contribution in [3.8, 4) is 64.5 Å². The molecule has 4 aromatic rings. The van der Waals surface area contributed by atoms with Crippen molar-refractivity contribution in [1.82, 2.24) is 15.0 Å². The maximum absolute atomic E-state index is 10.4. The number of fused-ring (bicyclic) bond motifs is 3. The van der Waals surface area contributed by atoms with E-state index in [1.54, 1.807) is 18.2 Å². The maximum Gasteiger partial charge on any atom is 0.305 e. The smallest absolute Gasteiger partial charge is 0.250 e. The van der Waals surface area contributed by atoms with Crippen LogP contribution in [0.4, 0.5) is 5.69 Å². The van der Waals surface area contributed by atoms with Crippen LogP contribution in [0.25, 0.3) is 53.5 Å². The highest BCUT2D eigenvalue weighted by Gasteiger charge is 2.24. The van der Waals surface area contributed by atoms with E-state index in [4.69, 9.17) is 26.3 Å². The van der Waals surface area contributed by atoms with Crippen LogP contribution in [0.1, 0.15) is 11.1 Å². The summed E-state index contributed by atoms with van der Waals surface area (Å²) in [6.45, 7) is 29.9. The minimum atomic E-state index is -0.382. The lowest BCUT2D eigenvalue weighted by Crippen LogP contribution is -2.26. The topological polar surface area (TPSA) is 249 Å². The third kappa shape index (κ3) is 5.01. The normalized spacial score (nSPS) is 14.9. The highest BCUT2D eigenvalue weighted by molar-refractivity contribution is 5.78. The second kappa shape index (κ2) is 12.9. The number of allylic oxidation sites excluding steroid dienone is 3. The van der Waals surface area contributed by atoms with Crippen LogP contribution in [0.5, 0.6) is 0 Å². The molecular formula is C36H6N18. The van der Waals surface area contributed by atoms with Crippen LogP contribution >= 0.6 is 0 Å². The van der Waals surface area contributed by atoms with Crippen molar-refractivity contribution in [2.75, 3.05) is 0 Å². The highest BCUT2D eigenvalue weighted by atomic mass is 15.1. The van der Waals surface area contributed by atoms with Gasteiger partial charge in [-0.25, -0.2) is 80.1 Å². The van der Waals surface area contributed by atoms with E-state index in [1.807, 2.05) is 0 Å². The van der Waals surface area contributed by atoms with E-state index in [-0.39, 0.29) is 118 Å². The third-order valence-corrected chi connectivity index (χ3v) is 7.76. The quantitative estimate of drug-likeness (QED) is 0.226. The van der Waals surface area contributed by atoms with Crippen LogP contribution in [0.15, 0.2) is 101 Å². The Bertz CT molecular complexity index is 3010. The van der Waals surface area contributed by atoms with E-state index in [1.165, 1.54) is 36.4 Å². The predicted octanol–water partition coefficient (Wildman–Crippen LogP) is 1.76. The largest absolute Gasteiger partial charge is 0.305 e. The summed E-state index contributed by atoms with van der Waals surface area (Å²) >= 11 is 0. The fourth-order valence-electron chi connectivity index (χ4n) is 5.39. The molecule has 0 aliphatic carbocycles. The maximum atomic E-state index is 10.4. The molecule has 0 radical (unpaired) electrons. The van der Waals surface area contributed by atoms with Crippen molar-refractivity contribution >= 4 is 5.69 Å². The molecule has 0 unspecified atom stereocenters. The number of rotatable bonds is 3. The highest BCUT2D eigenvalue weighted by Crippen LogP contribution is 2.30. The van der Waals surface area contributed by atoms with E-state index in [0.29, 0.717) is 0 Å². The first-order valence-corrected chi connectivity index (χ1v) is 14.7. The zero-order valence-corrected chi connectivity index (χ0v) is 26.5. The van der Waals surface area contributed by atoms with Crippen LogP contribution in [0.2, 0.25) is 0 Å². The van der Waals surface area contributed by atoms with Gasteiger partial charge in [-0.05, 0) is 30.3 Å². The average molecular weight is 691 g/mol. The molecule has 1 aromatic heterocycles. The molecule has 3 aromatic carbocycles. The van der Waals surface area contributed by atoms with Crippen LogP contribution < -0.4 is 32.1 Å². The summed E-state index contributed by atoms with van der Waals surface area (Å²) in [5.74, 6) is -0.860. The molecule has 0 bridgehead atoms. The Labute approximate surface area is 300 Å². The molecule has 54 heavy (non-hydrogen) atoms. The number of aromatic nitrogens is 3. The Kier molecular flexibility index (Phi) is 7.77. The summed E-state index contributed by atoms with van der Waals surface area (Å²) < 4.78 is 0. The summed E-state index contributed by atoms with van der Waals surface area (Å²) in [5, 5.41) is 49.7. The molecule has 0 saturated heterocycles. The Morgan fingerprint density at radius 2 is 0.815 bits per heavy atom. The fraction of sp³-hybridized carbons (Fsp3) is 0. The van der Waals surface area contributed by atoms with Gasteiger partial charge in [0.25, 0.3) is 0 Å². The average Bonchev–Trinajstić information content (AvgIpc) is 3.95. The molecule has 18 nitrogen and oxygen atoms in total. The predicted molar refractivity (Wildman–Crippen MR) is 176 cm³/mol. The van der Waals surface area contributed by atoms with Crippen LogP contribution in [-0.4, -0.2) is 15.0 Å².